The van der Waals surface area contributed by atoms with E-state index in [0.717, 1.165) is 0 Å². The first-order chi connectivity index (χ1) is 4.22. The molecule has 0 aliphatic heterocycles. The summed E-state index contributed by atoms with van der Waals surface area (Å²) in [5.41, 5.74) is 2.27. The highest BCUT2D eigenvalue weighted by Gasteiger charge is 2.09. The maximum atomic E-state index is 10.6. The van der Waals surface area contributed by atoms with Crippen LogP contribution in [0.4, 0.5) is 0 Å². The van der Waals surface area contributed by atoms with Gasteiger partial charge in [0.2, 0.25) is 0 Å². The van der Waals surface area contributed by atoms with Crippen LogP contribution in [0.3, 0.4) is 0 Å². The van der Waals surface area contributed by atoms with Crippen molar-refractivity contribution in [2.75, 3.05) is 6.61 Å². The second-order valence-corrected chi connectivity index (χ2v) is 1.64. The second kappa shape index (κ2) is 6.80. The summed E-state index contributed by atoms with van der Waals surface area (Å²) in [6.45, 7) is 3.78. The molecule has 1 atom stereocenters. The number of carbonyl (C=O) groups is 1. The van der Waals surface area contributed by atoms with Gasteiger partial charge in [-0.05, 0) is 13.8 Å². The Kier molecular flexibility index (Phi) is 8.40. The lowest BCUT2D eigenvalue weighted by atomic mass is 10.4. The number of halogens is 1. The fourth-order valence-corrected chi connectivity index (χ4v) is 0.335. The summed E-state index contributed by atoms with van der Waals surface area (Å²) in [4.78, 5) is 10.6. The van der Waals surface area contributed by atoms with E-state index in [4.69, 9.17) is 5.84 Å². The molecule has 0 aliphatic carbocycles. The number of nitrogens with one attached hydrogen (secondary N) is 1. The molecule has 0 amide bonds. The van der Waals surface area contributed by atoms with Crippen molar-refractivity contribution in [3.05, 3.63) is 0 Å². The summed E-state index contributed by atoms with van der Waals surface area (Å²) < 4.78 is 4.61. The largest absolute Gasteiger partial charge is 0.465 e. The van der Waals surface area contributed by atoms with Crippen LogP contribution in [0, 0.1) is 0 Å². The van der Waals surface area contributed by atoms with Gasteiger partial charge < -0.3 is 4.74 Å². The van der Waals surface area contributed by atoms with E-state index in [1.54, 1.807) is 13.8 Å². The molecule has 0 saturated carbocycles. The summed E-state index contributed by atoms with van der Waals surface area (Å²) in [6.07, 6.45) is 0. The number of hydrazine groups is 1. The van der Waals surface area contributed by atoms with Crippen LogP contribution in [0.25, 0.3) is 0 Å². The molecule has 0 bridgehead atoms. The first kappa shape index (κ1) is 12.4. The van der Waals surface area contributed by atoms with Gasteiger partial charge in [0, 0.05) is 0 Å². The van der Waals surface area contributed by atoms with Crippen molar-refractivity contribution >= 4 is 18.4 Å². The minimum atomic E-state index is -0.412. The zero-order valence-electron chi connectivity index (χ0n) is 6.09. The van der Waals surface area contributed by atoms with Gasteiger partial charge in [0.25, 0.3) is 0 Å². The lowest BCUT2D eigenvalue weighted by molar-refractivity contribution is -0.145. The fraction of sp³-hybridized carbons (Fsp3) is 0.800. The Bertz CT molecular complexity index is 99.6. The number of ether oxygens (including phenoxy) is 1. The van der Waals surface area contributed by atoms with Gasteiger partial charge in [0.15, 0.2) is 0 Å². The fourth-order valence-electron chi connectivity index (χ4n) is 0.335. The zero-order valence-corrected chi connectivity index (χ0v) is 6.90. The van der Waals surface area contributed by atoms with E-state index in [1.807, 2.05) is 0 Å². The van der Waals surface area contributed by atoms with Crippen LogP contribution in [-0.2, 0) is 9.53 Å². The van der Waals surface area contributed by atoms with Gasteiger partial charge in [-0.1, -0.05) is 0 Å². The molecular weight excluding hydrogens is 156 g/mol. The number of hydrogen-bond acceptors (Lipinski definition) is 4. The Morgan fingerprint density at radius 1 is 1.80 bits per heavy atom. The van der Waals surface area contributed by atoms with Crippen molar-refractivity contribution in [3.63, 3.8) is 0 Å². The highest BCUT2D eigenvalue weighted by molar-refractivity contribution is 5.85. The standard InChI is InChI=1S/C5H12N2O2.ClH/c1-3-9-5(8)4(2)7-6;/h4,7H,3,6H2,1-2H3;1H/t4-;/m0./s1. The van der Waals surface area contributed by atoms with Crippen LogP contribution >= 0.6 is 12.4 Å². The van der Waals surface area contributed by atoms with E-state index < -0.39 is 6.04 Å². The summed E-state index contributed by atoms with van der Waals surface area (Å²) in [5, 5.41) is 0. The Labute approximate surface area is 66.5 Å². The highest BCUT2D eigenvalue weighted by Crippen LogP contribution is 1.83. The van der Waals surface area contributed by atoms with Gasteiger partial charge >= 0.3 is 5.97 Å². The molecule has 10 heavy (non-hydrogen) atoms. The molecule has 0 rings (SSSR count). The van der Waals surface area contributed by atoms with Crippen LogP contribution in [0.1, 0.15) is 13.8 Å². The quantitative estimate of drug-likeness (QED) is 0.349. The Hall–Kier alpha value is -0.320. The highest BCUT2D eigenvalue weighted by atomic mass is 35.5. The average molecular weight is 169 g/mol. The van der Waals surface area contributed by atoms with Crippen molar-refractivity contribution in [2.45, 2.75) is 19.9 Å². The topological polar surface area (TPSA) is 64.3 Å². The molecule has 5 heteroatoms. The van der Waals surface area contributed by atoms with Crippen LogP contribution in [0.15, 0.2) is 0 Å². The van der Waals surface area contributed by atoms with Crippen LogP contribution in [0.5, 0.6) is 0 Å². The zero-order chi connectivity index (χ0) is 7.28. The molecule has 0 unspecified atom stereocenters. The van der Waals surface area contributed by atoms with Gasteiger partial charge in [-0.3, -0.25) is 10.6 Å². The van der Waals surface area contributed by atoms with Crippen molar-refractivity contribution in [1.29, 1.82) is 0 Å². The first-order valence-electron chi connectivity index (χ1n) is 2.85. The van der Waals surface area contributed by atoms with Gasteiger partial charge in [0.05, 0.1) is 6.61 Å². The molecule has 0 saturated heterocycles. The van der Waals surface area contributed by atoms with Crippen molar-refractivity contribution < 1.29 is 9.53 Å². The minimum Gasteiger partial charge on any atom is -0.465 e. The summed E-state index contributed by atoms with van der Waals surface area (Å²) >= 11 is 0. The molecule has 0 fully saturated rings. The van der Waals surface area contributed by atoms with Crippen LogP contribution < -0.4 is 11.3 Å². The van der Waals surface area contributed by atoms with E-state index in [1.165, 1.54) is 0 Å². The number of esters is 1. The van der Waals surface area contributed by atoms with E-state index in [0.29, 0.717) is 6.61 Å². The minimum absolute atomic E-state index is 0. The van der Waals surface area contributed by atoms with Crippen LogP contribution in [-0.4, -0.2) is 18.6 Å². The predicted molar refractivity (Wildman–Crippen MR) is 40.7 cm³/mol. The first-order valence-corrected chi connectivity index (χ1v) is 2.85. The molecule has 0 aromatic heterocycles. The Balaban J connectivity index is 0. The molecule has 0 radical (unpaired) electrons. The third-order valence-corrected chi connectivity index (χ3v) is 0.890. The average Bonchev–Trinajstić information content (AvgIpc) is 1.87. The third kappa shape index (κ3) is 4.55. The second-order valence-electron chi connectivity index (χ2n) is 1.64. The number of hydrogen-bond donors (Lipinski definition) is 2. The molecule has 4 nitrogen and oxygen atoms in total. The molecule has 3 N–H and O–H groups in total. The number of nitrogens with two attached hydrogens (primary N) is 1. The lowest BCUT2D eigenvalue weighted by Gasteiger charge is -2.07. The van der Waals surface area contributed by atoms with Gasteiger partial charge in [-0.25, -0.2) is 5.43 Å². The van der Waals surface area contributed by atoms with Gasteiger partial charge in [0.1, 0.15) is 6.04 Å². The van der Waals surface area contributed by atoms with Crippen molar-refractivity contribution in [3.8, 4) is 0 Å². The third-order valence-electron chi connectivity index (χ3n) is 0.890. The SMILES string of the molecule is CCOC(=O)[C@H](C)NN.Cl. The smallest absolute Gasteiger partial charge is 0.324 e. The van der Waals surface area contributed by atoms with E-state index in [9.17, 15) is 4.79 Å². The van der Waals surface area contributed by atoms with E-state index in [2.05, 4.69) is 10.2 Å². The summed E-state index contributed by atoms with van der Waals surface area (Å²) in [6, 6.07) is -0.412. The Morgan fingerprint density at radius 2 is 2.30 bits per heavy atom. The summed E-state index contributed by atoms with van der Waals surface area (Å²) in [7, 11) is 0. The van der Waals surface area contributed by atoms with E-state index >= 15 is 0 Å². The van der Waals surface area contributed by atoms with Crippen molar-refractivity contribution in [2.24, 2.45) is 5.84 Å². The van der Waals surface area contributed by atoms with Gasteiger partial charge in [-0.2, -0.15) is 0 Å². The van der Waals surface area contributed by atoms with Gasteiger partial charge in [-0.15, -0.1) is 12.4 Å². The van der Waals surface area contributed by atoms with Crippen molar-refractivity contribution in [1.82, 2.24) is 5.43 Å². The summed E-state index contributed by atoms with van der Waals surface area (Å²) in [5.74, 6) is 4.63. The van der Waals surface area contributed by atoms with Crippen LogP contribution in [0.2, 0.25) is 0 Å². The molecular formula is C5H13ClN2O2. The Morgan fingerprint density at radius 3 is 2.60 bits per heavy atom. The van der Waals surface area contributed by atoms with E-state index in [-0.39, 0.29) is 18.4 Å². The molecule has 0 heterocycles. The molecule has 0 spiro atoms. The normalized spacial score (nSPS) is 11.5. The number of rotatable bonds is 3. The predicted octanol–water partition coefficient (Wildman–Crippen LogP) is -0.177. The molecule has 0 aromatic rings. The monoisotopic (exact) mass is 168 g/mol. The lowest BCUT2D eigenvalue weighted by Crippen LogP contribution is -2.39. The maximum Gasteiger partial charge on any atom is 0.324 e. The molecule has 0 aromatic carbocycles. The maximum absolute atomic E-state index is 10.6. The number of carbonyl (C=O) groups excluding carboxylic acids is 1. The molecule has 62 valence electrons. The molecule has 0 aliphatic rings.